The fourth-order valence-corrected chi connectivity index (χ4v) is 1.50. The number of anilines is 2. The Kier molecular flexibility index (Phi) is 2.27. The lowest BCUT2D eigenvalue weighted by atomic mass is 10.4. The highest BCUT2D eigenvalue weighted by atomic mass is 32.1. The number of aromatic nitrogens is 5. The molecule has 0 saturated carbocycles. The second-order valence-electron chi connectivity index (χ2n) is 2.68. The van der Waals surface area contributed by atoms with Crippen molar-refractivity contribution < 1.29 is 0 Å². The summed E-state index contributed by atoms with van der Waals surface area (Å²) in [5, 5.41) is 13.3. The molecule has 0 aliphatic carbocycles. The molecular weight excluding hydrogens is 202 g/mol. The van der Waals surface area contributed by atoms with Crippen LogP contribution in [0.5, 0.6) is 0 Å². The highest BCUT2D eigenvalue weighted by Gasteiger charge is 2.04. The lowest BCUT2D eigenvalue weighted by molar-refractivity contribution is 1.02. The molecule has 0 unspecified atom stereocenters. The van der Waals surface area contributed by atoms with Gasteiger partial charge in [0.2, 0.25) is 11.9 Å². The van der Waals surface area contributed by atoms with Gasteiger partial charge >= 0.3 is 0 Å². The summed E-state index contributed by atoms with van der Waals surface area (Å²) < 4.78 is 3.82. The van der Waals surface area contributed by atoms with E-state index in [-0.39, 0.29) is 0 Å². The van der Waals surface area contributed by atoms with Crippen molar-refractivity contribution in [2.75, 3.05) is 11.1 Å². The molecule has 0 spiro atoms. The topological polar surface area (TPSA) is 105 Å². The maximum absolute atomic E-state index is 5.37. The van der Waals surface area contributed by atoms with Gasteiger partial charge in [-0.3, -0.25) is 0 Å². The van der Waals surface area contributed by atoms with E-state index in [9.17, 15) is 0 Å². The number of nitrogen functional groups attached to an aromatic ring is 1. The molecule has 4 N–H and O–H groups in total. The van der Waals surface area contributed by atoms with Crippen LogP contribution in [-0.4, -0.2) is 24.8 Å². The molecule has 2 aromatic heterocycles. The first-order chi connectivity index (χ1) is 6.75. The fourth-order valence-electron chi connectivity index (χ4n) is 0.926. The van der Waals surface area contributed by atoms with Gasteiger partial charge in [0.1, 0.15) is 0 Å². The summed E-state index contributed by atoms with van der Waals surface area (Å²) in [6.45, 7) is 2.52. The van der Waals surface area contributed by atoms with Gasteiger partial charge in [0.05, 0.1) is 17.1 Å². The Morgan fingerprint density at radius 2 is 2.43 bits per heavy atom. The number of rotatable bonds is 3. The van der Waals surface area contributed by atoms with E-state index in [0.717, 1.165) is 10.6 Å². The van der Waals surface area contributed by atoms with E-state index in [0.29, 0.717) is 18.4 Å². The van der Waals surface area contributed by atoms with Gasteiger partial charge in [0.15, 0.2) is 0 Å². The molecule has 0 aromatic carbocycles. The first-order valence-electron chi connectivity index (χ1n) is 3.95. The molecule has 0 saturated heterocycles. The maximum Gasteiger partial charge on any atom is 0.243 e. The normalized spacial score (nSPS) is 10.4. The fraction of sp³-hybridized carbons (Fsp3) is 0.333. The van der Waals surface area contributed by atoms with Crippen molar-refractivity contribution in [2.45, 2.75) is 13.5 Å². The number of nitrogens with two attached hydrogens (primary N) is 1. The van der Waals surface area contributed by atoms with Crippen molar-refractivity contribution in [3.63, 3.8) is 0 Å². The molecule has 8 heteroatoms. The minimum Gasteiger partial charge on any atom is -0.368 e. The summed E-state index contributed by atoms with van der Waals surface area (Å²) in [4.78, 5) is 4.97. The van der Waals surface area contributed by atoms with Crippen molar-refractivity contribution in [3.05, 3.63) is 10.6 Å². The van der Waals surface area contributed by atoms with Crippen LogP contribution in [0.25, 0.3) is 0 Å². The monoisotopic (exact) mass is 211 g/mol. The Bertz CT molecular complexity index is 419. The molecule has 7 nitrogen and oxygen atoms in total. The second-order valence-corrected chi connectivity index (χ2v) is 3.52. The Balaban J connectivity index is 1.98. The summed E-state index contributed by atoms with van der Waals surface area (Å²) in [6.07, 6.45) is 0. The molecule has 74 valence electrons. The van der Waals surface area contributed by atoms with E-state index in [1.165, 1.54) is 11.5 Å². The van der Waals surface area contributed by atoms with Gasteiger partial charge in [-0.25, -0.2) is 5.10 Å². The second kappa shape index (κ2) is 3.58. The SMILES string of the molecule is Cc1nnsc1CNc1n[nH]c(N)n1. The maximum atomic E-state index is 5.37. The Hall–Kier alpha value is -1.70. The zero-order chi connectivity index (χ0) is 9.97. The highest BCUT2D eigenvalue weighted by molar-refractivity contribution is 7.05. The van der Waals surface area contributed by atoms with Gasteiger partial charge in [-0.1, -0.05) is 4.49 Å². The molecule has 14 heavy (non-hydrogen) atoms. The average Bonchev–Trinajstić information content (AvgIpc) is 2.72. The van der Waals surface area contributed by atoms with Gasteiger partial charge in [0.25, 0.3) is 0 Å². The zero-order valence-electron chi connectivity index (χ0n) is 7.48. The Labute approximate surface area is 83.9 Å². The zero-order valence-corrected chi connectivity index (χ0v) is 8.30. The van der Waals surface area contributed by atoms with Gasteiger partial charge in [0, 0.05) is 0 Å². The predicted octanol–water partition coefficient (Wildman–Crippen LogP) is 0.159. The van der Waals surface area contributed by atoms with E-state index in [1.807, 2.05) is 6.92 Å². The Morgan fingerprint density at radius 3 is 3.00 bits per heavy atom. The lowest BCUT2D eigenvalue weighted by Crippen LogP contribution is -2.00. The van der Waals surface area contributed by atoms with Crippen molar-refractivity contribution in [1.29, 1.82) is 0 Å². The number of H-pyrrole nitrogens is 1. The molecule has 0 aliphatic rings. The molecular formula is C6H9N7S. The van der Waals surface area contributed by atoms with Gasteiger partial charge < -0.3 is 11.1 Å². The van der Waals surface area contributed by atoms with Crippen molar-refractivity contribution >= 4 is 23.4 Å². The van der Waals surface area contributed by atoms with E-state index in [1.54, 1.807) is 0 Å². The van der Waals surface area contributed by atoms with E-state index >= 15 is 0 Å². The quantitative estimate of drug-likeness (QED) is 0.667. The molecule has 0 amide bonds. The third-order valence-corrected chi connectivity index (χ3v) is 2.48. The Morgan fingerprint density at radius 1 is 1.57 bits per heavy atom. The standard InChI is InChI=1S/C6H9N7S/c1-3-4(14-13-10-3)2-8-6-9-5(7)11-12-6/h2H2,1H3,(H4,7,8,9,11,12). The van der Waals surface area contributed by atoms with Gasteiger partial charge in [-0.05, 0) is 18.5 Å². The number of aromatic amines is 1. The molecule has 0 radical (unpaired) electrons. The van der Waals surface area contributed by atoms with Crippen LogP contribution in [0.2, 0.25) is 0 Å². The van der Waals surface area contributed by atoms with Crippen LogP contribution >= 0.6 is 11.5 Å². The lowest BCUT2D eigenvalue weighted by Gasteiger charge is -1.97. The first kappa shape index (κ1) is 8.88. The summed E-state index contributed by atoms with van der Waals surface area (Å²) in [7, 11) is 0. The van der Waals surface area contributed by atoms with Crippen LogP contribution in [0, 0.1) is 6.92 Å². The summed E-state index contributed by atoms with van der Waals surface area (Å²) in [5.41, 5.74) is 6.29. The molecule has 0 fully saturated rings. The number of nitrogens with one attached hydrogen (secondary N) is 2. The van der Waals surface area contributed by atoms with Crippen LogP contribution in [0.1, 0.15) is 10.6 Å². The summed E-state index contributed by atoms with van der Waals surface area (Å²) >= 11 is 1.35. The minimum atomic E-state index is 0.298. The third kappa shape index (κ3) is 1.79. The molecule has 2 heterocycles. The molecule has 2 aromatic rings. The highest BCUT2D eigenvalue weighted by Crippen LogP contribution is 2.10. The third-order valence-electron chi connectivity index (χ3n) is 1.66. The number of hydrogen-bond donors (Lipinski definition) is 3. The minimum absolute atomic E-state index is 0.298. The van der Waals surface area contributed by atoms with Crippen LogP contribution in [0.4, 0.5) is 11.9 Å². The van der Waals surface area contributed by atoms with Gasteiger partial charge in [-0.2, -0.15) is 4.98 Å². The molecule has 0 bridgehead atoms. The van der Waals surface area contributed by atoms with E-state index < -0.39 is 0 Å². The van der Waals surface area contributed by atoms with Gasteiger partial charge in [-0.15, -0.1) is 10.2 Å². The van der Waals surface area contributed by atoms with Crippen molar-refractivity contribution in [1.82, 2.24) is 24.8 Å². The molecule has 0 atom stereocenters. The largest absolute Gasteiger partial charge is 0.368 e. The van der Waals surface area contributed by atoms with Crippen LogP contribution in [-0.2, 0) is 6.54 Å². The van der Waals surface area contributed by atoms with E-state index in [2.05, 4.69) is 30.1 Å². The van der Waals surface area contributed by atoms with E-state index in [4.69, 9.17) is 5.73 Å². The van der Waals surface area contributed by atoms with Crippen LogP contribution in [0.3, 0.4) is 0 Å². The first-order valence-corrected chi connectivity index (χ1v) is 4.72. The molecule has 2 rings (SSSR count). The number of nitrogens with zero attached hydrogens (tertiary/aromatic N) is 4. The number of hydrogen-bond acceptors (Lipinski definition) is 7. The number of aryl methyl sites for hydroxylation is 1. The van der Waals surface area contributed by atoms with Crippen LogP contribution < -0.4 is 11.1 Å². The predicted molar refractivity (Wildman–Crippen MR) is 52.8 cm³/mol. The average molecular weight is 211 g/mol. The molecule has 0 aliphatic heterocycles. The smallest absolute Gasteiger partial charge is 0.243 e. The van der Waals surface area contributed by atoms with Crippen molar-refractivity contribution in [3.8, 4) is 0 Å². The van der Waals surface area contributed by atoms with Crippen LogP contribution in [0.15, 0.2) is 0 Å². The van der Waals surface area contributed by atoms with Crippen molar-refractivity contribution in [2.24, 2.45) is 0 Å². The summed E-state index contributed by atoms with van der Waals surface area (Å²) in [6, 6.07) is 0. The summed E-state index contributed by atoms with van der Waals surface area (Å²) in [5.74, 6) is 0.780.